The highest BCUT2D eigenvalue weighted by molar-refractivity contribution is 7.89. The standard InChI is InChI=1S/C17H24N2O3S/c1-13-4-8-16(9-5-13)23(21,22)18-11-14-3-2-10-19(12-14)17(20)15-6-7-15/h4-5,8-9,14-15,18H,2-3,6-7,10-12H2,1H3/t14-/m0/s1. The van der Waals surface area contributed by atoms with Gasteiger partial charge in [0.05, 0.1) is 4.90 Å². The average Bonchev–Trinajstić information content (AvgIpc) is 3.38. The summed E-state index contributed by atoms with van der Waals surface area (Å²) < 4.78 is 27.4. The Bertz CT molecular complexity index is 666. The molecule has 2 aliphatic rings. The van der Waals surface area contributed by atoms with Crippen molar-refractivity contribution in [1.29, 1.82) is 0 Å². The van der Waals surface area contributed by atoms with E-state index in [1.807, 2.05) is 11.8 Å². The van der Waals surface area contributed by atoms with E-state index in [2.05, 4.69) is 4.72 Å². The molecule has 0 radical (unpaired) electrons. The highest BCUT2D eigenvalue weighted by Crippen LogP contribution is 2.32. The van der Waals surface area contributed by atoms with E-state index in [1.165, 1.54) is 0 Å². The summed E-state index contributed by atoms with van der Waals surface area (Å²) in [5, 5.41) is 0. The van der Waals surface area contributed by atoms with Crippen molar-refractivity contribution in [2.75, 3.05) is 19.6 Å². The molecule has 126 valence electrons. The van der Waals surface area contributed by atoms with Crippen LogP contribution >= 0.6 is 0 Å². The van der Waals surface area contributed by atoms with E-state index in [-0.39, 0.29) is 17.7 Å². The number of piperidine rings is 1. The van der Waals surface area contributed by atoms with Gasteiger partial charge in [0.1, 0.15) is 0 Å². The average molecular weight is 336 g/mol. The number of amides is 1. The van der Waals surface area contributed by atoms with Crippen LogP contribution in [0.2, 0.25) is 0 Å². The van der Waals surface area contributed by atoms with E-state index in [0.717, 1.165) is 37.8 Å². The number of benzene rings is 1. The lowest BCUT2D eigenvalue weighted by atomic mass is 9.98. The number of carbonyl (C=O) groups excluding carboxylic acids is 1. The van der Waals surface area contributed by atoms with Gasteiger partial charge in [-0.1, -0.05) is 17.7 Å². The number of hydrogen-bond donors (Lipinski definition) is 1. The zero-order valence-electron chi connectivity index (χ0n) is 13.5. The zero-order chi connectivity index (χ0) is 16.4. The Morgan fingerprint density at radius 1 is 1.22 bits per heavy atom. The molecule has 0 aromatic heterocycles. The van der Waals surface area contributed by atoms with Gasteiger partial charge in [-0.05, 0) is 50.7 Å². The summed E-state index contributed by atoms with van der Waals surface area (Å²) in [5.74, 6) is 0.695. The molecule has 1 aromatic carbocycles. The van der Waals surface area contributed by atoms with Gasteiger partial charge in [-0.3, -0.25) is 4.79 Å². The molecule has 1 saturated carbocycles. The van der Waals surface area contributed by atoms with Crippen LogP contribution in [0.5, 0.6) is 0 Å². The van der Waals surface area contributed by atoms with Gasteiger partial charge in [-0.25, -0.2) is 13.1 Å². The van der Waals surface area contributed by atoms with E-state index in [0.29, 0.717) is 18.0 Å². The summed E-state index contributed by atoms with van der Waals surface area (Å²) in [6, 6.07) is 6.85. The predicted molar refractivity (Wildman–Crippen MR) is 88.4 cm³/mol. The van der Waals surface area contributed by atoms with Gasteiger partial charge in [0.15, 0.2) is 0 Å². The molecule has 23 heavy (non-hydrogen) atoms. The second-order valence-corrected chi connectivity index (χ2v) is 8.50. The van der Waals surface area contributed by atoms with Crippen molar-refractivity contribution < 1.29 is 13.2 Å². The van der Waals surface area contributed by atoms with Gasteiger partial charge in [-0.15, -0.1) is 0 Å². The van der Waals surface area contributed by atoms with Crippen molar-refractivity contribution >= 4 is 15.9 Å². The van der Waals surface area contributed by atoms with Crippen molar-refractivity contribution in [3.05, 3.63) is 29.8 Å². The first-order valence-electron chi connectivity index (χ1n) is 8.31. The van der Waals surface area contributed by atoms with Gasteiger partial charge in [-0.2, -0.15) is 0 Å². The zero-order valence-corrected chi connectivity index (χ0v) is 14.3. The van der Waals surface area contributed by atoms with Crippen molar-refractivity contribution in [2.24, 2.45) is 11.8 Å². The van der Waals surface area contributed by atoms with Gasteiger partial charge in [0, 0.05) is 25.6 Å². The highest BCUT2D eigenvalue weighted by Gasteiger charge is 2.35. The normalized spacial score (nSPS) is 22.1. The fourth-order valence-corrected chi connectivity index (χ4v) is 4.16. The van der Waals surface area contributed by atoms with Crippen LogP contribution < -0.4 is 4.72 Å². The van der Waals surface area contributed by atoms with Crippen LogP contribution in [0.3, 0.4) is 0 Å². The number of sulfonamides is 1. The summed E-state index contributed by atoms with van der Waals surface area (Å²) >= 11 is 0. The van der Waals surface area contributed by atoms with Crippen LogP contribution in [0.15, 0.2) is 29.2 Å². The Kier molecular flexibility index (Phi) is 4.73. The third-order valence-corrected chi connectivity index (χ3v) is 6.09. The molecular weight excluding hydrogens is 312 g/mol. The Labute approximate surface area is 138 Å². The first kappa shape index (κ1) is 16.5. The summed E-state index contributed by atoms with van der Waals surface area (Å²) in [6.45, 7) is 3.81. The summed E-state index contributed by atoms with van der Waals surface area (Å²) in [6.07, 6.45) is 3.94. The van der Waals surface area contributed by atoms with E-state index in [9.17, 15) is 13.2 Å². The molecule has 1 saturated heterocycles. The molecule has 5 nitrogen and oxygen atoms in total. The molecule has 1 atom stereocenters. The largest absolute Gasteiger partial charge is 0.342 e. The second kappa shape index (κ2) is 6.61. The Morgan fingerprint density at radius 2 is 1.91 bits per heavy atom. The highest BCUT2D eigenvalue weighted by atomic mass is 32.2. The minimum absolute atomic E-state index is 0.201. The van der Waals surface area contributed by atoms with E-state index in [4.69, 9.17) is 0 Å². The van der Waals surface area contributed by atoms with Crippen LogP contribution in [0.25, 0.3) is 0 Å². The Balaban J connectivity index is 1.56. The Morgan fingerprint density at radius 3 is 2.57 bits per heavy atom. The number of rotatable bonds is 5. The lowest BCUT2D eigenvalue weighted by molar-refractivity contribution is -0.134. The second-order valence-electron chi connectivity index (χ2n) is 6.73. The lowest BCUT2D eigenvalue weighted by Gasteiger charge is -2.33. The molecule has 3 rings (SSSR count). The smallest absolute Gasteiger partial charge is 0.240 e. The van der Waals surface area contributed by atoms with Crippen LogP contribution in [0, 0.1) is 18.8 Å². The molecular formula is C17H24N2O3S. The maximum atomic E-state index is 12.3. The number of hydrogen-bond acceptors (Lipinski definition) is 3. The molecule has 1 aliphatic carbocycles. The number of likely N-dealkylation sites (tertiary alicyclic amines) is 1. The van der Waals surface area contributed by atoms with Gasteiger partial charge in [0.2, 0.25) is 15.9 Å². The van der Waals surface area contributed by atoms with Crippen LogP contribution in [0.4, 0.5) is 0 Å². The molecule has 2 fully saturated rings. The van der Waals surface area contributed by atoms with Crippen LogP contribution in [-0.2, 0) is 14.8 Å². The maximum Gasteiger partial charge on any atom is 0.240 e. The van der Waals surface area contributed by atoms with E-state index < -0.39 is 10.0 Å². The fraction of sp³-hybridized carbons (Fsp3) is 0.588. The fourth-order valence-electron chi connectivity index (χ4n) is 3.05. The number of nitrogens with zero attached hydrogens (tertiary/aromatic N) is 1. The maximum absolute atomic E-state index is 12.3. The van der Waals surface area contributed by atoms with Crippen molar-refractivity contribution in [2.45, 2.75) is 37.5 Å². The van der Waals surface area contributed by atoms with Crippen molar-refractivity contribution in [3.8, 4) is 0 Å². The first-order chi connectivity index (χ1) is 11.0. The van der Waals surface area contributed by atoms with Crippen molar-refractivity contribution in [1.82, 2.24) is 9.62 Å². The minimum Gasteiger partial charge on any atom is -0.342 e. The molecule has 1 N–H and O–H groups in total. The molecule has 1 aromatic rings. The molecule has 1 aliphatic heterocycles. The lowest BCUT2D eigenvalue weighted by Crippen LogP contribution is -2.44. The predicted octanol–water partition coefficient (Wildman–Crippen LogP) is 1.92. The summed E-state index contributed by atoms with van der Waals surface area (Å²) in [5.41, 5.74) is 1.03. The molecule has 1 heterocycles. The molecule has 0 bridgehead atoms. The number of nitrogens with one attached hydrogen (secondary N) is 1. The molecule has 6 heteroatoms. The van der Waals surface area contributed by atoms with E-state index >= 15 is 0 Å². The van der Waals surface area contributed by atoms with Gasteiger partial charge in [0.25, 0.3) is 0 Å². The van der Waals surface area contributed by atoms with Crippen LogP contribution in [0.1, 0.15) is 31.2 Å². The summed E-state index contributed by atoms with van der Waals surface area (Å²) in [7, 11) is -3.47. The number of carbonyl (C=O) groups is 1. The molecule has 0 spiro atoms. The topological polar surface area (TPSA) is 66.5 Å². The van der Waals surface area contributed by atoms with E-state index in [1.54, 1.807) is 24.3 Å². The molecule has 0 unspecified atom stereocenters. The minimum atomic E-state index is -3.47. The monoisotopic (exact) mass is 336 g/mol. The van der Waals surface area contributed by atoms with Gasteiger partial charge < -0.3 is 4.90 Å². The van der Waals surface area contributed by atoms with Crippen molar-refractivity contribution in [3.63, 3.8) is 0 Å². The SMILES string of the molecule is Cc1ccc(S(=O)(=O)NC[C@@H]2CCCN(C(=O)C3CC3)C2)cc1. The summed E-state index contributed by atoms with van der Waals surface area (Å²) in [4.78, 5) is 14.4. The Hall–Kier alpha value is -1.40. The quantitative estimate of drug-likeness (QED) is 0.893. The number of aryl methyl sites for hydroxylation is 1. The molecule has 1 amide bonds. The van der Waals surface area contributed by atoms with Gasteiger partial charge >= 0.3 is 0 Å². The first-order valence-corrected chi connectivity index (χ1v) is 9.79. The third-order valence-electron chi connectivity index (χ3n) is 4.65. The third kappa shape index (κ3) is 4.12. The van der Waals surface area contributed by atoms with Crippen LogP contribution in [-0.4, -0.2) is 38.9 Å².